The molecule has 0 atom stereocenters. The van der Waals surface area contributed by atoms with Crippen molar-refractivity contribution in [2.75, 3.05) is 5.43 Å². The highest BCUT2D eigenvalue weighted by molar-refractivity contribution is 6.35. The first-order chi connectivity index (χ1) is 6.63. The normalized spacial score (nSPS) is 11.6. The highest BCUT2D eigenvalue weighted by Crippen LogP contribution is 2.22. The molecule has 0 amide bonds. The molecule has 1 rings (SSSR count). The van der Waals surface area contributed by atoms with E-state index in [0.29, 0.717) is 15.9 Å². The van der Waals surface area contributed by atoms with Crippen molar-refractivity contribution < 1.29 is 0 Å². The van der Waals surface area contributed by atoms with Crippen LogP contribution in [0.5, 0.6) is 0 Å². The van der Waals surface area contributed by atoms with Gasteiger partial charge in [-0.25, -0.2) is 4.98 Å². The van der Waals surface area contributed by atoms with Gasteiger partial charge in [0, 0.05) is 11.9 Å². The quantitative estimate of drug-likeness (QED) is 0.638. The molecule has 0 unspecified atom stereocenters. The molecule has 0 aliphatic heterocycles. The molecule has 5 heteroatoms. The van der Waals surface area contributed by atoms with Crippen LogP contribution in [0.4, 0.5) is 5.82 Å². The van der Waals surface area contributed by atoms with Crippen LogP contribution in [-0.4, -0.2) is 10.7 Å². The molecule has 1 heterocycles. The minimum Gasteiger partial charge on any atom is -0.260 e. The van der Waals surface area contributed by atoms with Crippen molar-refractivity contribution in [1.29, 1.82) is 0 Å². The predicted octanol–water partition coefficient (Wildman–Crippen LogP) is 3.59. The third kappa shape index (κ3) is 3.16. The lowest BCUT2D eigenvalue weighted by Crippen LogP contribution is -1.98. The van der Waals surface area contributed by atoms with E-state index in [2.05, 4.69) is 15.5 Å². The van der Waals surface area contributed by atoms with Gasteiger partial charge < -0.3 is 0 Å². The number of nitrogens with one attached hydrogen (secondary N) is 1. The highest BCUT2D eigenvalue weighted by Gasteiger charge is 2.00. The number of hydrogen-bond donors (Lipinski definition) is 1. The summed E-state index contributed by atoms with van der Waals surface area (Å²) in [4.78, 5) is 4.00. The molecule has 0 aromatic carbocycles. The fourth-order valence-electron chi connectivity index (χ4n) is 0.724. The Morgan fingerprint density at radius 2 is 2.29 bits per heavy atom. The molecule has 0 saturated carbocycles. The summed E-state index contributed by atoms with van der Waals surface area (Å²) in [5.41, 5.74) is 3.76. The molecule has 0 aliphatic rings. The van der Waals surface area contributed by atoms with Gasteiger partial charge >= 0.3 is 0 Å². The van der Waals surface area contributed by atoms with E-state index in [1.807, 2.05) is 13.8 Å². The van der Waals surface area contributed by atoms with Gasteiger partial charge in [-0.05, 0) is 19.4 Å². The Morgan fingerprint density at radius 3 is 2.86 bits per heavy atom. The number of hydrogen-bond acceptors (Lipinski definition) is 3. The summed E-state index contributed by atoms with van der Waals surface area (Å²) in [5.74, 6) is 0.517. The Labute approximate surface area is 93.1 Å². The maximum atomic E-state index is 5.88. The van der Waals surface area contributed by atoms with Crippen LogP contribution in [0.1, 0.15) is 20.3 Å². The zero-order chi connectivity index (χ0) is 10.6. The lowest BCUT2D eigenvalue weighted by Gasteiger charge is -2.03. The second-order valence-electron chi connectivity index (χ2n) is 2.80. The fourth-order valence-corrected chi connectivity index (χ4v) is 1.15. The molecule has 76 valence electrons. The zero-order valence-corrected chi connectivity index (χ0v) is 9.52. The van der Waals surface area contributed by atoms with E-state index in [-0.39, 0.29) is 0 Å². The van der Waals surface area contributed by atoms with Gasteiger partial charge in [-0.3, -0.25) is 5.43 Å². The van der Waals surface area contributed by atoms with E-state index in [4.69, 9.17) is 23.2 Å². The predicted molar refractivity (Wildman–Crippen MR) is 61.3 cm³/mol. The van der Waals surface area contributed by atoms with Crippen molar-refractivity contribution in [2.24, 2.45) is 5.10 Å². The van der Waals surface area contributed by atoms with Crippen LogP contribution in [0.15, 0.2) is 17.4 Å². The third-order valence-electron chi connectivity index (χ3n) is 1.67. The molecule has 3 nitrogen and oxygen atoms in total. The van der Waals surface area contributed by atoms with Crippen molar-refractivity contribution in [2.45, 2.75) is 20.3 Å². The van der Waals surface area contributed by atoms with E-state index in [0.717, 1.165) is 12.1 Å². The average Bonchev–Trinajstić information content (AvgIpc) is 2.16. The Hall–Kier alpha value is -0.800. The topological polar surface area (TPSA) is 37.3 Å². The van der Waals surface area contributed by atoms with Crippen LogP contribution in [0, 0.1) is 0 Å². The standard InChI is InChI=1S/C9H11Cl2N3/c1-3-6(2)13-14-9-8(11)4-7(10)5-12-9/h4-5H,3H2,1-2H3,(H,12,14)/b13-6-. The van der Waals surface area contributed by atoms with Gasteiger partial charge in [-0.1, -0.05) is 30.1 Å². The van der Waals surface area contributed by atoms with Gasteiger partial charge in [0.25, 0.3) is 0 Å². The number of hydrazone groups is 1. The number of rotatable bonds is 3. The van der Waals surface area contributed by atoms with E-state index in [1.165, 1.54) is 6.20 Å². The Kier molecular flexibility index (Phi) is 4.17. The summed E-state index contributed by atoms with van der Waals surface area (Å²) in [5, 5.41) is 5.05. The van der Waals surface area contributed by atoms with Crippen molar-refractivity contribution >= 4 is 34.7 Å². The summed E-state index contributed by atoms with van der Waals surface area (Å²) in [6.07, 6.45) is 2.41. The van der Waals surface area contributed by atoms with Crippen LogP contribution < -0.4 is 5.43 Å². The molecule has 0 fully saturated rings. The van der Waals surface area contributed by atoms with Gasteiger partial charge in [0.1, 0.15) is 0 Å². The Balaban J connectivity index is 2.77. The number of anilines is 1. The van der Waals surface area contributed by atoms with Crippen molar-refractivity contribution in [3.8, 4) is 0 Å². The maximum Gasteiger partial charge on any atom is 0.165 e. The molecule has 0 radical (unpaired) electrons. The Morgan fingerprint density at radius 1 is 1.57 bits per heavy atom. The highest BCUT2D eigenvalue weighted by atomic mass is 35.5. The van der Waals surface area contributed by atoms with Crippen molar-refractivity contribution in [3.63, 3.8) is 0 Å². The minimum absolute atomic E-state index is 0.463. The number of halogens is 2. The zero-order valence-electron chi connectivity index (χ0n) is 8.01. The molecule has 0 bridgehead atoms. The molecule has 0 saturated heterocycles. The molecular weight excluding hydrogens is 221 g/mol. The van der Waals surface area contributed by atoms with E-state index in [9.17, 15) is 0 Å². The third-order valence-corrected chi connectivity index (χ3v) is 2.17. The van der Waals surface area contributed by atoms with Crippen LogP contribution >= 0.6 is 23.2 Å². The monoisotopic (exact) mass is 231 g/mol. The lowest BCUT2D eigenvalue weighted by atomic mass is 10.3. The molecule has 1 N–H and O–H groups in total. The minimum atomic E-state index is 0.463. The van der Waals surface area contributed by atoms with E-state index in [1.54, 1.807) is 6.07 Å². The molecule has 0 spiro atoms. The summed E-state index contributed by atoms with van der Waals surface area (Å²) >= 11 is 11.6. The van der Waals surface area contributed by atoms with Crippen LogP contribution in [0.3, 0.4) is 0 Å². The molecule has 14 heavy (non-hydrogen) atoms. The SMILES string of the molecule is CC/C(C)=N\Nc1ncc(Cl)cc1Cl. The lowest BCUT2D eigenvalue weighted by molar-refractivity contribution is 1.18. The molecule has 0 aliphatic carbocycles. The van der Waals surface area contributed by atoms with Crippen molar-refractivity contribution in [3.05, 3.63) is 22.3 Å². The molecular formula is C9H11Cl2N3. The van der Waals surface area contributed by atoms with Gasteiger partial charge in [0.15, 0.2) is 5.82 Å². The smallest absolute Gasteiger partial charge is 0.165 e. The van der Waals surface area contributed by atoms with E-state index < -0.39 is 0 Å². The summed E-state index contributed by atoms with van der Waals surface area (Å²) in [6, 6.07) is 1.62. The number of aromatic nitrogens is 1. The van der Waals surface area contributed by atoms with Crippen molar-refractivity contribution in [1.82, 2.24) is 4.98 Å². The molecule has 1 aromatic heterocycles. The second kappa shape index (κ2) is 5.17. The van der Waals surface area contributed by atoms with Gasteiger partial charge in [0.2, 0.25) is 0 Å². The largest absolute Gasteiger partial charge is 0.260 e. The first-order valence-corrected chi connectivity index (χ1v) is 4.99. The summed E-state index contributed by atoms with van der Waals surface area (Å²) in [6.45, 7) is 3.95. The van der Waals surface area contributed by atoms with Gasteiger partial charge in [-0.15, -0.1) is 0 Å². The van der Waals surface area contributed by atoms with Crippen LogP contribution in [0.25, 0.3) is 0 Å². The number of pyridine rings is 1. The van der Waals surface area contributed by atoms with Crippen LogP contribution in [0.2, 0.25) is 10.0 Å². The fraction of sp³-hybridized carbons (Fsp3) is 0.333. The first kappa shape index (κ1) is 11.3. The average molecular weight is 232 g/mol. The summed E-state index contributed by atoms with van der Waals surface area (Å²) < 4.78 is 0. The number of nitrogens with zero attached hydrogens (tertiary/aromatic N) is 2. The maximum absolute atomic E-state index is 5.88. The second-order valence-corrected chi connectivity index (χ2v) is 3.64. The Bertz CT molecular complexity index is 350. The summed E-state index contributed by atoms with van der Waals surface area (Å²) in [7, 11) is 0. The van der Waals surface area contributed by atoms with E-state index >= 15 is 0 Å². The molecule has 1 aromatic rings. The first-order valence-electron chi connectivity index (χ1n) is 4.23. The van der Waals surface area contributed by atoms with Crippen LogP contribution in [-0.2, 0) is 0 Å². The van der Waals surface area contributed by atoms with Gasteiger partial charge in [0.05, 0.1) is 10.0 Å². The van der Waals surface area contributed by atoms with Gasteiger partial charge in [-0.2, -0.15) is 5.10 Å².